The topological polar surface area (TPSA) is 46.6 Å². The van der Waals surface area contributed by atoms with Crippen LogP contribution in [0.3, 0.4) is 0 Å². The Morgan fingerprint density at radius 1 is 0.481 bits per heavy atom. The second-order valence-electron chi connectivity index (χ2n) is 13.3. The number of rotatable bonds is 7. The van der Waals surface area contributed by atoms with E-state index in [-0.39, 0.29) is 6.71 Å². The standard InChI is InChI=1S/C45H32B2N5/c1-5-17-31(18-6-1)46-43-48-44(47(32-19-7-2-8-20-32)33-21-9-3-10-22-33)50-45(49-43)52-40-28-16-14-26-36(40)38-29-37-35-25-13-15-27-39(35)51(41(37)30-42(38)52)34-23-11-4-12-24-34/h1-30,45H,(H,48,49,50). The van der Waals surface area contributed by atoms with Gasteiger partial charge in [0.25, 0.3) is 6.71 Å². The van der Waals surface area contributed by atoms with Gasteiger partial charge in [-0.1, -0.05) is 162 Å². The predicted molar refractivity (Wildman–Crippen MR) is 221 cm³/mol. The van der Waals surface area contributed by atoms with Gasteiger partial charge in [0.05, 0.1) is 33.5 Å². The van der Waals surface area contributed by atoms with Crippen molar-refractivity contribution < 1.29 is 0 Å². The van der Waals surface area contributed by atoms with Crippen molar-refractivity contribution in [3.8, 4) is 5.69 Å². The second kappa shape index (κ2) is 12.6. The third kappa shape index (κ3) is 5.13. The Hall–Kier alpha value is -6.59. The lowest BCUT2D eigenvalue weighted by atomic mass is 9.39. The Balaban J connectivity index is 1.25. The zero-order chi connectivity index (χ0) is 34.4. The molecule has 243 valence electrons. The summed E-state index contributed by atoms with van der Waals surface area (Å²) in [7, 11) is 2.12. The number of nitrogens with one attached hydrogen (secondary N) is 1. The summed E-state index contributed by atoms with van der Waals surface area (Å²) in [5.74, 6) is 0. The Kier molecular flexibility index (Phi) is 7.35. The van der Waals surface area contributed by atoms with E-state index in [1.54, 1.807) is 0 Å². The van der Waals surface area contributed by atoms with E-state index in [2.05, 4.69) is 198 Å². The summed E-state index contributed by atoms with van der Waals surface area (Å²) in [5, 5.41) is 8.50. The number of benzene rings is 7. The molecule has 0 spiro atoms. The SMILES string of the molecule is [B](C1=NC(n2c3ccccc3c3cc4c5ccccc5n(-c5ccccc5)c4cc32)N=C(B(c2ccccc2)c2ccccc2)N1)c1ccccc1. The molecule has 5 nitrogen and oxygen atoms in total. The monoisotopic (exact) mass is 664 g/mol. The van der Waals surface area contributed by atoms with Crippen LogP contribution in [-0.4, -0.2) is 34.6 Å². The van der Waals surface area contributed by atoms with E-state index < -0.39 is 6.29 Å². The van der Waals surface area contributed by atoms with Crippen molar-refractivity contribution in [1.29, 1.82) is 0 Å². The van der Waals surface area contributed by atoms with E-state index in [1.165, 1.54) is 27.1 Å². The van der Waals surface area contributed by atoms with Gasteiger partial charge in [-0.05, 0) is 36.4 Å². The van der Waals surface area contributed by atoms with E-state index in [0.717, 1.165) is 50.1 Å². The third-order valence-corrected chi connectivity index (χ3v) is 10.2. The highest BCUT2D eigenvalue weighted by molar-refractivity contribution is 7.09. The van der Waals surface area contributed by atoms with Crippen LogP contribution >= 0.6 is 0 Å². The molecule has 0 bridgehead atoms. The molecule has 9 aromatic rings. The molecule has 0 aliphatic carbocycles. The van der Waals surface area contributed by atoms with Crippen molar-refractivity contribution in [3.05, 3.63) is 182 Å². The van der Waals surface area contributed by atoms with Crippen LogP contribution < -0.4 is 21.7 Å². The van der Waals surface area contributed by atoms with Gasteiger partial charge in [-0.3, -0.25) is 4.57 Å². The molecule has 0 amide bonds. The summed E-state index contributed by atoms with van der Waals surface area (Å²) in [6, 6.07) is 64.3. The van der Waals surface area contributed by atoms with Crippen molar-refractivity contribution in [2.24, 2.45) is 9.98 Å². The molecule has 7 heteroatoms. The summed E-state index contributed by atoms with van der Waals surface area (Å²) in [6.07, 6.45) is -0.560. The van der Waals surface area contributed by atoms with Crippen LogP contribution in [0.2, 0.25) is 0 Å². The fraction of sp³-hybridized carbons (Fsp3) is 0.0222. The summed E-state index contributed by atoms with van der Waals surface area (Å²) >= 11 is 0. The fourth-order valence-electron chi connectivity index (χ4n) is 7.88. The number of hydrogen-bond donors (Lipinski definition) is 1. The molecular formula is C45H32B2N5. The van der Waals surface area contributed by atoms with Crippen LogP contribution in [0, 0.1) is 0 Å². The summed E-state index contributed by atoms with van der Waals surface area (Å²) in [6.45, 7) is -0.125. The quantitative estimate of drug-likeness (QED) is 0.176. The van der Waals surface area contributed by atoms with Crippen LogP contribution in [0.15, 0.2) is 192 Å². The largest absolute Gasteiger partial charge is 0.348 e. The van der Waals surface area contributed by atoms with Crippen molar-refractivity contribution in [2.75, 3.05) is 0 Å². The van der Waals surface area contributed by atoms with Gasteiger partial charge in [0, 0.05) is 27.2 Å². The van der Waals surface area contributed by atoms with E-state index in [4.69, 9.17) is 9.98 Å². The average molecular weight is 664 g/mol. The van der Waals surface area contributed by atoms with E-state index >= 15 is 0 Å². The molecule has 10 rings (SSSR count). The molecule has 1 N–H and O–H groups in total. The predicted octanol–water partition coefficient (Wildman–Crippen LogP) is 7.58. The van der Waals surface area contributed by atoms with Gasteiger partial charge in [-0.25, -0.2) is 9.98 Å². The number of nitrogens with zero attached hydrogens (tertiary/aromatic N) is 4. The van der Waals surface area contributed by atoms with Gasteiger partial charge in [-0.2, -0.15) is 0 Å². The first-order valence-electron chi connectivity index (χ1n) is 17.7. The van der Waals surface area contributed by atoms with Gasteiger partial charge in [0.15, 0.2) is 0 Å². The highest BCUT2D eigenvalue weighted by atomic mass is 15.3. The first-order valence-corrected chi connectivity index (χ1v) is 17.7. The smallest absolute Gasteiger partial charge is 0.286 e. The fourth-order valence-corrected chi connectivity index (χ4v) is 7.88. The van der Waals surface area contributed by atoms with Crippen molar-refractivity contribution in [3.63, 3.8) is 0 Å². The van der Waals surface area contributed by atoms with Crippen molar-refractivity contribution >= 4 is 85.5 Å². The minimum absolute atomic E-state index is 0.125. The molecule has 2 aromatic heterocycles. The Morgan fingerprint density at radius 2 is 1.02 bits per heavy atom. The number of amidine groups is 2. The van der Waals surface area contributed by atoms with Crippen LogP contribution in [0.25, 0.3) is 49.3 Å². The van der Waals surface area contributed by atoms with Crippen molar-refractivity contribution in [1.82, 2.24) is 14.5 Å². The molecule has 1 aliphatic rings. The van der Waals surface area contributed by atoms with Gasteiger partial charge in [-0.15, -0.1) is 0 Å². The Morgan fingerprint density at radius 3 is 1.69 bits per heavy atom. The number of para-hydroxylation sites is 3. The molecule has 52 heavy (non-hydrogen) atoms. The summed E-state index contributed by atoms with van der Waals surface area (Å²) < 4.78 is 4.70. The van der Waals surface area contributed by atoms with E-state index in [9.17, 15) is 0 Å². The van der Waals surface area contributed by atoms with Crippen LogP contribution in [-0.2, 0) is 0 Å². The first-order chi connectivity index (χ1) is 25.8. The zero-order valence-corrected chi connectivity index (χ0v) is 28.3. The average Bonchev–Trinajstić information content (AvgIpc) is 3.70. The number of hydrogen-bond acceptors (Lipinski definition) is 3. The molecule has 1 aliphatic heterocycles. The molecule has 7 aromatic carbocycles. The van der Waals surface area contributed by atoms with E-state index in [0.29, 0.717) is 0 Å². The highest BCUT2D eigenvalue weighted by Gasteiger charge is 2.32. The maximum Gasteiger partial charge on any atom is 0.286 e. The molecule has 0 saturated carbocycles. The molecule has 1 unspecified atom stereocenters. The molecule has 0 saturated heterocycles. The molecule has 0 fully saturated rings. The molecule has 1 radical (unpaired) electrons. The molecule has 3 heterocycles. The van der Waals surface area contributed by atoms with Gasteiger partial charge in [0.1, 0.15) is 0 Å². The van der Waals surface area contributed by atoms with Crippen LogP contribution in [0.1, 0.15) is 6.29 Å². The molecular weight excluding hydrogens is 632 g/mol. The van der Waals surface area contributed by atoms with Gasteiger partial charge >= 0.3 is 0 Å². The maximum absolute atomic E-state index is 5.53. The maximum atomic E-state index is 5.53. The third-order valence-electron chi connectivity index (χ3n) is 10.2. The first kappa shape index (κ1) is 30.3. The summed E-state index contributed by atoms with van der Waals surface area (Å²) in [5.41, 5.74) is 10.6. The highest BCUT2D eigenvalue weighted by Crippen LogP contribution is 2.40. The molecule has 1 atom stereocenters. The lowest BCUT2D eigenvalue weighted by molar-refractivity contribution is 0.579. The minimum Gasteiger partial charge on any atom is -0.348 e. The zero-order valence-electron chi connectivity index (χ0n) is 28.3. The normalized spacial score (nSPS) is 14.3. The van der Waals surface area contributed by atoms with Crippen LogP contribution in [0.5, 0.6) is 0 Å². The van der Waals surface area contributed by atoms with Crippen molar-refractivity contribution in [2.45, 2.75) is 6.29 Å². The lowest BCUT2D eigenvalue weighted by Gasteiger charge is -2.27. The number of aliphatic imine (C=N–C) groups is 2. The van der Waals surface area contributed by atoms with Gasteiger partial charge in [0.2, 0.25) is 13.6 Å². The Labute approximate surface area is 302 Å². The minimum atomic E-state index is -0.560. The van der Waals surface area contributed by atoms with Gasteiger partial charge < -0.3 is 9.88 Å². The Bertz CT molecular complexity index is 2750. The lowest BCUT2D eigenvalue weighted by Crippen LogP contribution is -2.58. The number of aromatic nitrogens is 2. The van der Waals surface area contributed by atoms with E-state index in [1.807, 2.05) is 6.07 Å². The second-order valence-corrected chi connectivity index (χ2v) is 13.3. The summed E-state index contributed by atoms with van der Waals surface area (Å²) in [4.78, 5) is 10.9. The number of fused-ring (bicyclic) bond motifs is 6. The van der Waals surface area contributed by atoms with Crippen LogP contribution in [0.4, 0.5) is 0 Å².